The zero-order valence-electron chi connectivity index (χ0n) is 14.5. The van der Waals surface area contributed by atoms with Gasteiger partial charge in [0, 0.05) is 64.8 Å². The van der Waals surface area contributed by atoms with Crippen molar-refractivity contribution < 1.29 is 9.59 Å². The van der Waals surface area contributed by atoms with E-state index in [1.807, 2.05) is 50.1 Å². The van der Waals surface area contributed by atoms with E-state index in [1.165, 1.54) is 0 Å². The smallest absolute Gasteiger partial charge is 0.181 e. The van der Waals surface area contributed by atoms with E-state index in [2.05, 4.69) is 9.97 Å². The van der Waals surface area contributed by atoms with E-state index >= 15 is 0 Å². The van der Waals surface area contributed by atoms with E-state index in [9.17, 15) is 9.59 Å². The summed E-state index contributed by atoms with van der Waals surface area (Å²) < 4.78 is 0. The molecule has 0 N–H and O–H groups in total. The minimum absolute atomic E-state index is 0.122. The molecule has 0 spiro atoms. The number of anilines is 2. The van der Waals surface area contributed by atoms with Crippen LogP contribution in [0.1, 0.15) is 33.8 Å². The minimum Gasteiger partial charge on any atom is -0.378 e. The van der Waals surface area contributed by atoms with Gasteiger partial charge in [-0.3, -0.25) is 19.6 Å². The van der Waals surface area contributed by atoms with Gasteiger partial charge in [-0.15, -0.1) is 0 Å². The second-order valence-electron chi connectivity index (χ2n) is 5.93. The van der Waals surface area contributed by atoms with Crippen LogP contribution in [0.4, 0.5) is 11.4 Å². The number of rotatable bonds is 7. The van der Waals surface area contributed by atoms with Crippen LogP contribution in [0.3, 0.4) is 0 Å². The first-order valence-corrected chi connectivity index (χ1v) is 7.71. The summed E-state index contributed by atoms with van der Waals surface area (Å²) in [5.41, 5.74) is 2.56. The van der Waals surface area contributed by atoms with Gasteiger partial charge in [0.05, 0.1) is 0 Å². The molecule has 0 fully saturated rings. The monoisotopic (exact) mass is 326 g/mol. The Balaban J connectivity index is 2.02. The molecule has 0 radical (unpaired) electrons. The molecule has 2 aromatic heterocycles. The Labute approximate surface area is 142 Å². The third-order valence-corrected chi connectivity index (χ3v) is 3.67. The molecule has 2 rings (SSSR count). The molecule has 0 saturated carbocycles. The van der Waals surface area contributed by atoms with Crippen LogP contribution in [0, 0.1) is 0 Å². The van der Waals surface area contributed by atoms with Gasteiger partial charge in [0.25, 0.3) is 0 Å². The minimum atomic E-state index is -0.143. The maximum absolute atomic E-state index is 12.3. The molecule has 126 valence electrons. The maximum Gasteiger partial charge on any atom is 0.181 e. The first-order valence-electron chi connectivity index (χ1n) is 7.71. The molecular weight excluding hydrogens is 304 g/mol. The van der Waals surface area contributed by atoms with Crippen LogP contribution in [-0.4, -0.2) is 49.7 Å². The van der Waals surface area contributed by atoms with Gasteiger partial charge in [-0.1, -0.05) is 0 Å². The van der Waals surface area contributed by atoms with Crippen molar-refractivity contribution in [2.75, 3.05) is 38.0 Å². The molecule has 0 aliphatic carbocycles. The molecule has 0 aliphatic rings. The number of carbonyl (C=O) groups is 2. The van der Waals surface area contributed by atoms with Crippen LogP contribution in [0.25, 0.3) is 0 Å². The highest BCUT2D eigenvalue weighted by Crippen LogP contribution is 2.15. The second-order valence-corrected chi connectivity index (χ2v) is 5.93. The van der Waals surface area contributed by atoms with Gasteiger partial charge in [-0.2, -0.15) is 0 Å². The van der Waals surface area contributed by atoms with Crippen molar-refractivity contribution in [3.63, 3.8) is 0 Å². The quantitative estimate of drug-likeness (QED) is 0.728. The number of Topliss-reactive ketones (excluding diaryl/α,β-unsaturated/α-hetero) is 2. The van der Waals surface area contributed by atoms with Crippen LogP contribution in [0.15, 0.2) is 36.7 Å². The van der Waals surface area contributed by atoms with Crippen molar-refractivity contribution in [2.45, 2.75) is 12.8 Å². The molecule has 0 saturated heterocycles. The molecule has 0 amide bonds. The standard InChI is InChI=1S/C18H22N4O2/c1-21(2)13-7-9-19-15(11-13)17(23)5-6-18(24)16-12-14(22(3)4)8-10-20-16/h7-12H,5-6H2,1-4H3. The number of ketones is 2. The van der Waals surface area contributed by atoms with Crippen molar-refractivity contribution in [2.24, 2.45) is 0 Å². The summed E-state index contributed by atoms with van der Waals surface area (Å²) in [5.74, 6) is -0.286. The zero-order valence-corrected chi connectivity index (χ0v) is 14.5. The molecule has 0 bridgehead atoms. The Hall–Kier alpha value is -2.76. The fraction of sp³-hybridized carbons (Fsp3) is 0.333. The van der Waals surface area contributed by atoms with Crippen molar-refractivity contribution in [3.8, 4) is 0 Å². The predicted molar refractivity (Wildman–Crippen MR) is 95.0 cm³/mol. The molecule has 6 heteroatoms. The Morgan fingerprint density at radius 1 is 0.792 bits per heavy atom. The van der Waals surface area contributed by atoms with E-state index in [0.717, 1.165) is 11.4 Å². The maximum atomic E-state index is 12.3. The third-order valence-electron chi connectivity index (χ3n) is 3.67. The van der Waals surface area contributed by atoms with Crippen molar-refractivity contribution in [1.82, 2.24) is 9.97 Å². The average Bonchev–Trinajstić information content (AvgIpc) is 2.59. The predicted octanol–water partition coefficient (Wildman–Crippen LogP) is 2.45. The topological polar surface area (TPSA) is 66.4 Å². The molecular formula is C18H22N4O2. The summed E-state index contributed by atoms with van der Waals surface area (Å²) in [5, 5.41) is 0. The average molecular weight is 326 g/mol. The molecule has 6 nitrogen and oxygen atoms in total. The van der Waals surface area contributed by atoms with E-state index in [0.29, 0.717) is 11.4 Å². The lowest BCUT2D eigenvalue weighted by molar-refractivity contribution is 0.0912. The summed E-state index contributed by atoms with van der Waals surface area (Å²) in [6, 6.07) is 7.13. The number of carbonyl (C=O) groups excluding carboxylic acids is 2. The number of hydrogen-bond acceptors (Lipinski definition) is 6. The SMILES string of the molecule is CN(C)c1ccnc(C(=O)CCC(=O)c2cc(N(C)C)ccn2)c1. The van der Waals surface area contributed by atoms with Crippen LogP contribution in [0.2, 0.25) is 0 Å². The Morgan fingerprint density at radius 3 is 1.50 bits per heavy atom. The highest BCUT2D eigenvalue weighted by atomic mass is 16.1. The highest BCUT2D eigenvalue weighted by molar-refractivity contribution is 6.01. The summed E-state index contributed by atoms with van der Waals surface area (Å²) in [6.07, 6.45) is 3.45. The lowest BCUT2D eigenvalue weighted by Crippen LogP contribution is -2.13. The van der Waals surface area contributed by atoms with Crippen LogP contribution in [0.5, 0.6) is 0 Å². The van der Waals surface area contributed by atoms with E-state index in [4.69, 9.17) is 0 Å². The molecule has 2 heterocycles. The van der Waals surface area contributed by atoms with Gasteiger partial charge < -0.3 is 9.80 Å². The summed E-state index contributed by atoms with van der Waals surface area (Å²) in [6.45, 7) is 0. The fourth-order valence-electron chi connectivity index (χ4n) is 2.18. The summed E-state index contributed by atoms with van der Waals surface area (Å²) >= 11 is 0. The van der Waals surface area contributed by atoms with Gasteiger partial charge in [0.15, 0.2) is 11.6 Å². The number of nitrogens with zero attached hydrogens (tertiary/aromatic N) is 4. The second kappa shape index (κ2) is 7.68. The van der Waals surface area contributed by atoms with Gasteiger partial charge in [-0.05, 0) is 24.3 Å². The normalized spacial score (nSPS) is 10.3. The van der Waals surface area contributed by atoms with E-state index in [-0.39, 0.29) is 24.4 Å². The van der Waals surface area contributed by atoms with Gasteiger partial charge in [0.2, 0.25) is 0 Å². The number of aromatic nitrogens is 2. The molecule has 0 unspecified atom stereocenters. The first kappa shape index (κ1) is 17.6. The summed E-state index contributed by atoms with van der Waals surface area (Å²) in [4.78, 5) is 36.5. The van der Waals surface area contributed by atoms with Crippen molar-refractivity contribution >= 4 is 22.9 Å². The van der Waals surface area contributed by atoms with Crippen molar-refractivity contribution in [1.29, 1.82) is 0 Å². The zero-order chi connectivity index (χ0) is 17.7. The fourth-order valence-corrected chi connectivity index (χ4v) is 2.18. The van der Waals surface area contributed by atoms with Crippen molar-refractivity contribution in [3.05, 3.63) is 48.0 Å². The van der Waals surface area contributed by atoms with E-state index < -0.39 is 0 Å². The van der Waals surface area contributed by atoms with E-state index in [1.54, 1.807) is 24.5 Å². The Bertz CT molecular complexity index is 678. The van der Waals surface area contributed by atoms with Crippen LogP contribution < -0.4 is 9.80 Å². The number of hydrogen-bond donors (Lipinski definition) is 0. The van der Waals surface area contributed by atoms with Crippen LogP contribution >= 0.6 is 0 Å². The Kier molecular flexibility index (Phi) is 5.63. The summed E-state index contributed by atoms with van der Waals surface area (Å²) in [7, 11) is 7.60. The molecule has 0 aliphatic heterocycles. The number of pyridine rings is 2. The first-order chi connectivity index (χ1) is 11.4. The molecule has 0 atom stereocenters. The van der Waals surface area contributed by atoms with Gasteiger partial charge >= 0.3 is 0 Å². The largest absolute Gasteiger partial charge is 0.378 e. The molecule has 24 heavy (non-hydrogen) atoms. The van der Waals surface area contributed by atoms with Gasteiger partial charge in [0.1, 0.15) is 11.4 Å². The molecule has 2 aromatic rings. The van der Waals surface area contributed by atoms with Gasteiger partial charge in [-0.25, -0.2) is 0 Å². The lowest BCUT2D eigenvalue weighted by Gasteiger charge is -2.13. The van der Waals surface area contributed by atoms with Crippen LogP contribution in [-0.2, 0) is 0 Å². The lowest BCUT2D eigenvalue weighted by atomic mass is 10.1. The third kappa shape index (κ3) is 4.38. The highest BCUT2D eigenvalue weighted by Gasteiger charge is 2.14. The Morgan fingerprint density at radius 2 is 1.17 bits per heavy atom. The molecule has 0 aromatic carbocycles.